The number of ether oxygens (including phenoxy) is 1. The minimum atomic E-state index is -0.585. The molecule has 2 aromatic carbocycles. The van der Waals surface area contributed by atoms with E-state index in [0.29, 0.717) is 40.6 Å². The van der Waals surface area contributed by atoms with Gasteiger partial charge in [0.1, 0.15) is 11.4 Å². The first-order valence-corrected chi connectivity index (χ1v) is 13.1. The number of hydrogen-bond acceptors (Lipinski definition) is 5. The summed E-state index contributed by atoms with van der Waals surface area (Å²) in [6.07, 6.45) is 1.16. The van der Waals surface area contributed by atoms with Gasteiger partial charge in [-0.1, -0.05) is 11.6 Å². The lowest BCUT2D eigenvalue weighted by Crippen LogP contribution is -2.44. The van der Waals surface area contributed by atoms with E-state index in [0.717, 1.165) is 23.9 Å². The number of likely N-dealkylation sites (tertiary alicyclic amines) is 1. The summed E-state index contributed by atoms with van der Waals surface area (Å²) < 4.78 is 5.31. The zero-order valence-electron chi connectivity index (χ0n) is 22.4. The third-order valence-electron chi connectivity index (χ3n) is 6.46. The number of halogens is 1. The Morgan fingerprint density at radius 3 is 2.68 bits per heavy atom. The van der Waals surface area contributed by atoms with Gasteiger partial charge < -0.3 is 25.3 Å². The van der Waals surface area contributed by atoms with Crippen LogP contribution in [-0.4, -0.2) is 57.5 Å². The number of imidazole rings is 1. The number of benzene rings is 2. The molecule has 10 heteroatoms. The first kappa shape index (κ1) is 27.4. The zero-order valence-corrected chi connectivity index (χ0v) is 23.1. The van der Waals surface area contributed by atoms with Crippen LogP contribution in [0.5, 0.6) is 0 Å². The van der Waals surface area contributed by atoms with E-state index in [1.54, 1.807) is 56.0 Å². The number of nitrogens with one attached hydrogen (secondary N) is 3. The maximum atomic E-state index is 13.4. The minimum absolute atomic E-state index is 0.114. The predicted octanol–water partition coefficient (Wildman–Crippen LogP) is 5.15. The minimum Gasteiger partial charge on any atom is -0.444 e. The SMILES string of the molecule is Cc1cc(C(=O)N[C@@H](C)c2nc3cc(Cl)ccc3[nH]2)ccc1C(=O)N1CCCC1CNC(=O)OC(C)(C)C. The Morgan fingerprint density at radius 2 is 1.97 bits per heavy atom. The Labute approximate surface area is 227 Å². The topological polar surface area (TPSA) is 116 Å². The molecule has 2 heterocycles. The number of nitrogens with zero attached hydrogens (tertiary/aromatic N) is 2. The summed E-state index contributed by atoms with van der Waals surface area (Å²) >= 11 is 6.05. The molecule has 1 aliphatic rings. The number of amides is 3. The smallest absolute Gasteiger partial charge is 0.407 e. The molecule has 1 fully saturated rings. The van der Waals surface area contributed by atoms with Crippen LogP contribution in [0.25, 0.3) is 11.0 Å². The van der Waals surface area contributed by atoms with Crippen molar-refractivity contribution in [2.75, 3.05) is 13.1 Å². The number of carbonyl (C=O) groups is 3. The molecule has 3 aromatic rings. The van der Waals surface area contributed by atoms with E-state index in [4.69, 9.17) is 16.3 Å². The van der Waals surface area contributed by atoms with Gasteiger partial charge in [0.2, 0.25) is 0 Å². The summed E-state index contributed by atoms with van der Waals surface area (Å²) in [7, 11) is 0. The van der Waals surface area contributed by atoms with Crippen molar-refractivity contribution >= 4 is 40.5 Å². The number of carbonyl (C=O) groups excluding carboxylic acids is 3. The van der Waals surface area contributed by atoms with Crippen LogP contribution in [-0.2, 0) is 4.74 Å². The average molecular weight is 540 g/mol. The molecule has 0 aliphatic carbocycles. The van der Waals surface area contributed by atoms with Crippen molar-refractivity contribution in [1.82, 2.24) is 25.5 Å². The highest BCUT2D eigenvalue weighted by Gasteiger charge is 2.31. The molecule has 38 heavy (non-hydrogen) atoms. The van der Waals surface area contributed by atoms with Crippen molar-refractivity contribution in [3.63, 3.8) is 0 Å². The summed E-state index contributed by atoms with van der Waals surface area (Å²) in [6, 6.07) is 9.99. The molecular weight excluding hydrogens is 506 g/mol. The molecule has 0 bridgehead atoms. The highest BCUT2D eigenvalue weighted by atomic mass is 35.5. The number of hydrogen-bond donors (Lipinski definition) is 3. The maximum absolute atomic E-state index is 13.4. The molecule has 0 saturated carbocycles. The number of H-pyrrole nitrogens is 1. The van der Waals surface area contributed by atoms with Crippen LogP contribution in [0, 0.1) is 6.92 Å². The number of fused-ring (bicyclic) bond motifs is 1. The molecule has 202 valence electrons. The second-order valence-corrected chi connectivity index (χ2v) is 11.1. The second kappa shape index (κ2) is 11.0. The maximum Gasteiger partial charge on any atom is 0.407 e. The zero-order chi connectivity index (χ0) is 27.6. The third kappa shape index (κ3) is 6.45. The van der Waals surface area contributed by atoms with Gasteiger partial charge in [-0.05, 0) is 89.4 Å². The Bertz CT molecular complexity index is 1360. The van der Waals surface area contributed by atoms with Crippen molar-refractivity contribution in [3.8, 4) is 0 Å². The largest absolute Gasteiger partial charge is 0.444 e. The number of aryl methyl sites for hydroxylation is 1. The second-order valence-electron chi connectivity index (χ2n) is 10.7. The molecule has 1 aliphatic heterocycles. The van der Waals surface area contributed by atoms with E-state index in [1.807, 2.05) is 19.9 Å². The van der Waals surface area contributed by atoms with Gasteiger partial charge in [0.25, 0.3) is 11.8 Å². The number of aromatic amines is 1. The number of rotatable bonds is 6. The third-order valence-corrected chi connectivity index (χ3v) is 6.69. The molecule has 1 unspecified atom stereocenters. The molecular formula is C28H34ClN5O4. The molecule has 1 aromatic heterocycles. The Morgan fingerprint density at radius 1 is 1.21 bits per heavy atom. The van der Waals surface area contributed by atoms with Gasteiger partial charge in [-0.25, -0.2) is 9.78 Å². The lowest BCUT2D eigenvalue weighted by Gasteiger charge is -2.26. The van der Waals surface area contributed by atoms with Gasteiger partial charge in [-0.2, -0.15) is 0 Å². The molecule has 4 rings (SSSR count). The Hall–Kier alpha value is -3.59. The van der Waals surface area contributed by atoms with Crippen molar-refractivity contribution in [3.05, 3.63) is 63.9 Å². The summed E-state index contributed by atoms with van der Waals surface area (Å²) in [5.74, 6) is 0.246. The van der Waals surface area contributed by atoms with Crippen molar-refractivity contribution in [2.45, 2.75) is 65.1 Å². The van der Waals surface area contributed by atoms with E-state index in [2.05, 4.69) is 20.6 Å². The van der Waals surface area contributed by atoms with Crippen molar-refractivity contribution in [1.29, 1.82) is 0 Å². The number of alkyl carbamates (subject to hydrolysis) is 1. The van der Waals surface area contributed by atoms with Crippen LogP contribution in [0.1, 0.15) is 78.7 Å². The van der Waals surface area contributed by atoms with Crippen molar-refractivity contribution in [2.24, 2.45) is 0 Å². The summed E-state index contributed by atoms with van der Waals surface area (Å²) in [5, 5.41) is 6.33. The molecule has 3 N–H and O–H groups in total. The standard InChI is InChI=1S/C28H34ClN5O4/c1-16-13-18(25(35)31-17(2)24-32-22-11-9-19(29)14-23(22)33-24)8-10-21(16)26(36)34-12-6-7-20(34)15-30-27(37)38-28(3,4)5/h8-11,13-14,17,20H,6-7,12,15H2,1-5H3,(H,30,37)(H,31,35)(H,32,33)/t17-,20?/m0/s1. The highest BCUT2D eigenvalue weighted by Crippen LogP contribution is 2.23. The highest BCUT2D eigenvalue weighted by molar-refractivity contribution is 6.31. The van der Waals surface area contributed by atoms with Gasteiger partial charge in [-0.3, -0.25) is 9.59 Å². The summed E-state index contributed by atoms with van der Waals surface area (Å²) in [4.78, 5) is 47.9. The van der Waals surface area contributed by atoms with E-state index in [9.17, 15) is 14.4 Å². The van der Waals surface area contributed by atoms with Crippen LogP contribution in [0.15, 0.2) is 36.4 Å². The monoisotopic (exact) mass is 539 g/mol. The average Bonchev–Trinajstić information content (AvgIpc) is 3.48. The van der Waals surface area contributed by atoms with Gasteiger partial charge >= 0.3 is 6.09 Å². The molecule has 9 nitrogen and oxygen atoms in total. The predicted molar refractivity (Wildman–Crippen MR) is 146 cm³/mol. The quantitative estimate of drug-likeness (QED) is 0.401. The van der Waals surface area contributed by atoms with Crippen LogP contribution < -0.4 is 10.6 Å². The van der Waals surface area contributed by atoms with E-state index in [-0.39, 0.29) is 23.9 Å². The van der Waals surface area contributed by atoms with E-state index in [1.165, 1.54) is 0 Å². The lowest BCUT2D eigenvalue weighted by molar-refractivity contribution is 0.0501. The summed E-state index contributed by atoms with van der Waals surface area (Å²) in [6.45, 7) is 10.0. The van der Waals surface area contributed by atoms with Crippen LogP contribution in [0.4, 0.5) is 4.79 Å². The molecule has 1 saturated heterocycles. The van der Waals surface area contributed by atoms with Crippen LogP contribution in [0.2, 0.25) is 5.02 Å². The van der Waals surface area contributed by atoms with Gasteiger partial charge in [0.15, 0.2) is 0 Å². The van der Waals surface area contributed by atoms with E-state index >= 15 is 0 Å². The Balaban J connectivity index is 1.39. The first-order chi connectivity index (χ1) is 17.9. The van der Waals surface area contributed by atoms with E-state index < -0.39 is 11.7 Å². The molecule has 3 amide bonds. The van der Waals surface area contributed by atoms with Gasteiger partial charge in [0.05, 0.1) is 17.1 Å². The fraction of sp³-hybridized carbons (Fsp3) is 0.429. The van der Waals surface area contributed by atoms with Crippen LogP contribution >= 0.6 is 11.6 Å². The normalized spacial score (nSPS) is 16.4. The fourth-order valence-electron chi connectivity index (χ4n) is 4.58. The Kier molecular flexibility index (Phi) is 7.97. The van der Waals surface area contributed by atoms with Crippen molar-refractivity contribution < 1.29 is 19.1 Å². The summed E-state index contributed by atoms with van der Waals surface area (Å²) in [5.41, 5.74) is 2.68. The molecule has 0 spiro atoms. The number of aromatic nitrogens is 2. The molecule has 0 radical (unpaired) electrons. The molecule has 2 atom stereocenters. The fourth-order valence-corrected chi connectivity index (χ4v) is 4.75. The van der Waals surface area contributed by atoms with Gasteiger partial charge in [-0.15, -0.1) is 0 Å². The van der Waals surface area contributed by atoms with Crippen LogP contribution in [0.3, 0.4) is 0 Å². The lowest BCUT2D eigenvalue weighted by atomic mass is 10.0. The van der Waals surface area contributed by atoms with Gasteiger partial charge in [0, 0.05) is 35.3 Å². The first-order valence-electron chi connectivity index (χ1n) is 12.8.